The van der Waals surface area contributed by atoms with Crippen molar-refractivity contribution in [2.75, 3.05) is 41.3 Å². The lowest BCUT2D eigenvalue weighted by molar-refractivity contribution is 0.101. The molecule has 22 nitrogen and oxygen atoms in total. The summed E-state index contributed by atoms with van der Waals surface area (Å²) in [4.78, 5) is 52.5. The van der Waals surface area contributed by atoms with Crippen LogP contribution in [0.2, 0.25) is 0 Å². The lowest BCUT2D eigenvalue weighted by Gasteiger charge is -2.03. The second kappa shape index (κ2) is 26.9. The Morgan fingerprint density at radius 3 is 0.867 bits per heavy atom. The maximum Gasteiger partial charge on any atom is 0.263 e. The summed E-state index contributed by atoms with van der Waals surface area (Å²) in [5, 5.41) is 28.8. The number of aliphatic hydroxyl groups is 1. The van der Waals surface area contributed by atoms with Crippen molar-refractivity contribution in [1.82, 2.24) is 30.4 Å². The van der Waals surface area contributed by atoms with E-state index in [1.54, 1.807) is 64.1 Å². The molecule has 6 aromatic heterocycles. The summed E-state index contributed by atoms with van der Waals surface area (Å²) < 4.78 is 88.7. The zero-order valence-corrected chi connectivity index (χ0v) is 54.7. The number of thiazole rings is 3. The second-order valence-electron chi connectivity index (χ2n) is 20.5. The van der Waals surface area contributed by atoms with Gasteiger partial charge >= 0.3 is 0 Å². The predicted octanol–water partition coefficient (Wildman–Crippen LogP) is 12.7. The number of aliphatic hydroxyl groups excluding tert-OH is 1. The maximum atomic E-state index is 12.9. The zero-order chi connectivity index (χ0) is 65.0. The molecule has 6 heterocycles. The van der Waals surface area contributed by atoms with E-state index in [0.29, 0.717) is 97.1 Å². The van der Waals surface area contributed by atoms with Crippen molar-refractivity contribution >= 4 is 127 Å². The van der Waals surface area contributed by atoms with Crippen LogP contribution in [0.15, 0.2) is 156 Å². The molecular weight excluding hydrogens is 1270 g/mol. The van der Waals surface area contributed by atoms with Gasteiger partial charge in [0, 0.05) is 42.1 Å². The van der Waals surface area contributed by atoms with Crippen LogP contribution < -0.4 is 16.0 Å². The molecule has 0 fully saturated rings. The Balaban J connectivity index is 0.000000156. The number of aryl methyl sites for hydroxylation is 6. The summed E-state index contributed by atoms with van der Waals surface area (Å²) in [6.07, 6.45) is 3.46. The summed E-state index contributed by atoms with van der Waals surface area (Å²) in [7, 11) is -9.95. The molecule has 464 valence electrons. The van der Waals surface area contributed by atoms with E-state index in [9.17, 15) is 39.6 Å². The molecule has 0 aliphatic heterocycles. The number of carbonyl (C=O) groups is 3. The standard InChI is InChI=1S/3C20H17N3O4S2.C2H6O/c3*1-11-4-6-13(7-5-11)18-17(12(2)23-27-18)19(24)22-20-21-15-9-8-14(29(3,25)26)10-16(15)28-20;1-2-3/h3*4-10H,1-3H3,(H,21,22,24);3H,2H2,1H3. The Labute approximate surface area is 528 Å². The van der Waals surface area contributed by atoms with Crippen molar-refractivity contribution < 1.29 is 58.3 Å². The topological polar surface area (TPSA) is 327 Å². The van der Waals surface area contributed by atoms with E-state index in [0.717, 1.165) is 52.1 Å². The van der Waals surface area contributed by atoms with Crippen molar-refractivity contribution in [3.8, 4) is 34.0 Å². The van der Waals surface area contributed by atoms with E-state index < -0.39 is 29.5 Å². The smallest absolute Gasteiger partial charge is 0.263 e. The van der Waals surface area contributed by atoms with Crippen LogP contribution in [0.3, 0.4) is 0 Å². The summed E-state index contributed by atoms with van der Waals surface area (Å²) in [6.45, 7) is 13.0. The van der Waals surface area contributed by atoms with E-state index in [1.807, 2.05) is 93.6 Å². The molecule has 0 bridgehead atoms. The molecule has 0 radical (unpaired) electrons. The third-order valence-corrected chi connectivity index (χ3v) is 19.4. The molecule has 6 aromatic carbocycles. The minimum absolute atomic E-state index is 0.211. The SMILES string of the molecule is CCO.Cc1ccc(-c2onc(C)c2C(=O)Nc2nc3ccc(S(C)(=O)=O)cc3s2)cc1.Cc1ccc(-c2onc(C)c2C(=O)Nc2nc3ccc(S(C)(=O)=O)cc3s2)cc1.Cc1ccc(-c2onc(C)c2C(=O)Nc2nc3ccc(S(C)(=O)=O)cc3s2)cc1. The largest absolute Gasteiger partial charge is 0.397 e. The number of anilines is 3. The number of aromatic nitrogens is 6. The van der Waals surface area contributed by atoms with Gasteiger partial charge in [0.15, 0.2) is 62.2 Å². The van der Waals surface area contributed by atoms with Gasteiger partial charge in [0.05, 0.1) is 62.4 Å². The van der Waals surface area contributed by atoms with E-state index in [-0.39, 0.29) is 39.0 Å². The molecule has 0 saturated heterocycles. The van der Waals surface area contributed by atoms with E-state index >= 15 is 0 Å². The van der Waals surface area contributed by atoms with E-state index in [4.69, 9.17) is 18.7 Å². The number of hydrogen-bond donors (Lipinski definition) is 4. The van der Waals surface area contributed by atoms with E-state index in [2.05, 4.69) is 46.4 Å². The Kier molecular flexibility index (Phi) is 19.5. The highest BCUT2D eigenvalue weighted by Crippen LogP contribution is 2.35. The molecule has 12 aromatic rings. The normalized spacial score (nSPS) is 11.5. The van der Waals surface area contributed by atoms with Gasteiger partial charge in [-0.3, -0.25) is 30.3 Å². The highest BCUT2D eigenvalue weighted by molar-refractivity contribution is 7.91. The minimum atomic E-state index is -3.32. The average Bonchev–Trinajstić information content (AvgIpc) is 4.12. The Morgan fingerprint density at radius 1 is 0.411 bits per heavy atom. The van der Waals surface area contributed by atoms with Crippen molar-refractivity contribution in [1.29, 1.82) is 0 Å². The maximum absolute atomic E-state index is 12.9. The molecule has 0 spiro atoms. The number of sulfone groups is 3. The van der Waals surface area contributed by atoms with Gasteiger partial charge in [-0.15, -0.1) is 0 Å². The van der Waals surface area contributed by atoms with Crippen molar-refractivity contribution in [2.24, 2.45) is 0 Å². The first-order chi connectivity index (χ1) is 42.6. The summed E-state index contributed by atoms with van der Waals surface area (Å²) >= 11 is 3.61. The number of rotatable bonds is 12. The van der Waals surface area contributed by atoms with E-state index in [1.165, 1.54) is 52.2 Å². The minimum Gasteiger partial charge on any atom is -0.397 e. The van der Waals surface area contributed by atoms with Crippen LogP contribution in [-0.2, 0) is 29.5 Å². The first-order valence-corrected chi connectivity index (χ1v) is 35.2. The van der Waals surface area contributed by atoms with Gasteiger partial charge in [0.2, 0.25) is 0 Å². The molecule has 0 atom stereocenters. The molecule has 0 aliphatic rings. The Morgan fingerprint density at radius 2 is 0.644 bits per heavy atom. The third-order valence-electron chi connectivity index (χ3n) is 13.2. The van der Waals surface area contributed by atoms with Crippen LogP contribution in [0, 0.1) is 41.5 Å². The van der Waals surface area contributed by atoms with Crippen LogP contribution in [0.5, 0.6) is 0 Å². The van der Waals surface area contributed by atoms with Gasteiger partial charge < -0.3 is 18.7 Å². The highest BCUT2D eigenvalue weighted by atomic mass is 32.2. The van der Waals surface area contributed by atoms with Crippen LogP contribution in [0.4, 0.5) is 15.4 Å². The fourth-order valence-corrected chi connectivity index (χ4v) is 13.5. The van der Waals surface area contributed by atoms with Crippen molar-refractivity contribution in [3.05, 3.63) is 178 Å². The summed E-state index contributed by atoms with van der Waals surface area (Å²) in [5.41, 5.74) is 9.80. The number of fused-ring (bicyclic) bond motifs is 3. The summed E-state index contributed by atoms with van der Waals surface area (Å²) in [6, 6.07) is 36.9. The molecule has 0 saturated carbocycles. The number of hydrogen-bond acceptors (Lipinski definition) is 22. The molecule has 28 heteroatoms. The van der Waals surface area contributed by atoms with Crippen LogP contribution >= 0.6 is 34.0 Å². The predicted molar refractivity (Wildman–Crippen MR) is 349 cm³/mol. The third kappa shape index (κ3) is 15.3. The number of carbonyl (C=O) groups excluding carboxylic acids is 3. The van der Waals surface area contributed by atoms with Crippen LogP contribution in [0.1, 0.15) is 71.8 Å². The zero-order valence-electron chi connectivity index (χ0n) is 49.8. The summed E-state index contributed by atoms with van der Waals surface area (Å²) in [5.74, 6) is 0.00609. The molecular formula is C62H57N9O13S6. The number of nitrogens with zero attached hydrogens (tertiary/aromatic N) is 6. The number of amides is 3. The molecule has 0 aliphatic carbocycles. The van der Waals surface area contributed by atoms with Gasteiger partial charge in [-0.05, 0) is 103 Å². The Hall–Kier alpha value is -9.16. The monoisotopic (exact) mass is 1330 g/mol. The van der Waals surface area contributed by atoms with Crippen molar-refractivity contribution in [3.63, 3.8) is 0 Å². The van der Waals surface area contributed by atoms with Gasteiger partial charge in [0.1, 0.15) is 16.7 Å². The van der Waals surface area contributed by atoms with Gasteiger partial charge in [-0.2, -0.15) is 0 Å². The lowest BCUT2D eigenvalue weighted by Crippen LogP contribution is -2.13. The molecule has 0 unspecified atom stereocenters. The van der Waals surface area contributed by atoms with Crippen molar-refractivity contribution in [2.45, 2.75) is 63.2 Å². The first-order valence-electron chi connectivity index (χ1n) is 27.0. The first kappa shape index (κ1) is 65.3. The van der Waals surface area contributed by atoms with Crippen LogP contribution in [-0.4, -0.2) is 104 Å². The lowest BCUT2D eigenvalue weighted by atomic mass is 10.1. The number of benzene rings is 6. The van der Waals surface area contributed by atoms with Gasteiger partial charge in [-0.25, -0.2) is 40.2 Å². The fourth-order valence-electron chi connectivity index (χ4n) is 8.66. The molecule has 90 heavy (non-hydrogen) atoms. The molecule has 3 amide bonds. The Bertz CT molecular complexity index is 4530. The highest BCUT2D eigenvalue weighted by Gasteiger charge is 2.27. The van der Waals surface area contributed by atoms with Crippen LogP contribution in [0.25, 0.3) is 64.6 Å². The van der Waals surface area contributed by atoms with Gasteiger partial charge in [0.25, 0.3) is 17.7 Å². The fraction of sp³-hybridized carbons (Fsp3) is 0.177. The van der Waals surface area contributed by atoms with Gasteiger partial charge in [-0.1, -0.05) is 139 Å². The second-order valence-corrected chi connectivity index (χ2v) is 29.6. The molecule has 4 N–H and O–H groups in total. The molecule has 12 rings (SSSR count). The quantitative estimate of drug-likeness (QED) is 0.0883. The number of nitrogens with one attached hydrogen (secondary N) is 3. The average molecular weight is 1330 g/mol.